The summed E-state index contributed by atoms with van der Waals surface area (Å²) in [5.74, 6) is 0. The van der Waals surface area contributed by atoms with Crippen LogP contribution in [0.5, 0.6) is 0 Å². The molecule has 0 amide bonds. The molecule has 0 saturated carbocycles. The average Bonchev–Trinajstić information content (AvgIpc) is 0.722. The van der Waals surface area contributed by atoms with Crippen LogP contribution in [0.3, 0.4) is 0 Å². The Morgan fingerprint density at radius 2 is 0.625 bits per heavy atom. The molecule has 0 aromatic carbocycles. The summed E-state index contributed by atoms with van der Waals surface area (Å²) in [5.41, 5.74) is 0. The first-order valence-corrected chi connectivity index (χ1v) is 34.5. The van der Waals surface area contributed by atoms with Gasteiger partial charge in [-0.15, -0.1) is 0 Å². The van der Waals surface area contributed by atoms with E-state index in [1.807, 2.05) is 0 Å². The van der Waals surface area contributed by atoms with Crippen molar-refractivity contribution >= 4 is 59.5 Å². The summed E-state index contributed by atoms with van der Waals surface area (Å²) in [6.07, 6.45) is 0. The van der Waals surface area contributed by atoms with Gasteiger partial charge < -0.3 is 16.4 Å². The van der Waals surface area contributed by atoms with E-state index < -0.39 is 11.5 Å². The van der Waals surface area contributed by atoms with Gasteiger partial charge in [0.05, 0.1) is 0 Å². The number of hydrogen-bond acceptors (Lipinski definition) is 0. The molecule has 0 aromatic rings. The third-order valence-electron chi connectivity index (χ3n) is 0. The number of halogens is 4. The van der Waals surface area contributed by atoms with Crippen LogP contribution < -0.4 is 0 Å². The Bertz CT molecular complexity index is 26.8. The zero-order valence-corrected chi connectivity index (χ0v) is 13.7. The van der Waals surface area contributed by atoms with E-state index in [2.05, 4.69) is 47.9 Å². The van der Waals surface area contributed by atoms with E-state index in [0.717, 1.165) is 0 Å². The molecule has 8 heavy (non-hydrogen) atoms. The van der Waals surface area contributed by atoms with Crippen molar-refractivity contribution in [3.8, 4) is 0 Å². The molecule has 0 heterocycles. The minimum atomic E-state index is -2.03. The van der Waals surface area contributed by atoms with Gasteiger partial charge in [-0.25, -0.2) is 0 Å². The van der Waals surface area contributed by atoms with Crippen molar-refractivity contribution in [1.29, 1.82) is 0 Å². The second-order valence-corrected chi connectivity index (χ2v) is 102. The molecule has 0 saturated heterocycles. The van der Waals surface area contributed by atoms with Crippen LogP contribution in [0.4, 0.5) is 0 Å². The van der Waals surface area contributed by atoms with Gasteiger partial charge in [-0.2, -0.15) is 0 Å². The van der Waals surface area contributed by atoms with Crippen molar-refractivity contribution in [2.24, 2.45) is 0 Å². The molecule has 0 aromatic heterocycles. The molecule has 3 nitrogen and oxygen atoms in total. The molecule has 56 valence electrons. The second kappa shape index (κ2) is 9.72. The minimum absolute atomic E-state index is 0. The van der Waals surface area contributed by atoms with Gasteiger partial charge in [0, 0.05) is 0 Å². The summed E-state index contributed by atoms with van der Waals surface area (Å²) >= 11 is 11.4. The van der Waals surface area contributed by atoms with Crippen molar-refractivity contribution in [3.63, 3.8) is 0 Å². The molecule has 8 heteroatoms. The maximum absolute atomic E-state index is 3.35. The SMILES string of the molecule is O.O.O.[Br][Pb]([Br])([Br])[Br]. The first-order valence-electron chi connectivity index (χ1n) is 0.756. The van der Waals surface area contributed by atoms with Gasteiger partial charge in [-0.1, -0.05) is 0 Å². The van der Waals surface area contributed by atoms with Gasteiger partial charge in [0.2, 0.25) is 0 Å². The van der Waals surface area contributed by atoms with Crippen LogP contribution in [0.25, 0.3) is 0 Å². The molecule has 0 aliphatic rings. The van der Waals surface area contributed by atoms with Crippen molar-refractivity contribution < 1.29 is 16.4 Å². The van der Waals surface area contributed by atoms with Crippen LogP contribution in [0, 0.1) is 0 Å². The molecule has 0 atom stereocenters. The monoisotopic (exact) mass is 578 g/mol. The van der Waals surface area contributed by atoms with E-state index in [9.17, 15) is 0 Å². The summed E-state index contributed by atoms with van der Waals surface area (Å²) in [5, 5.41) is 0. The fourth-order valence-electron chi connectivity index (χ4n) is 0. The molecule has 0 fully saturated rings. The predicted octanol–water partition coefficient (Wildman–Crippen LogP) is 0.527. The molecule has 0 bridgehead atoms. The van der Waals surface area contributed by atoms with Crippen molar-refractivity contribution in [2.45, 2.75) is 0 Å². The molecule has 0 aliphatic heterocycles. The van der Waals surface area contributed by atoms with E-state index in [0.29, 0.717) is 0 Å². The van der Waals surface area contributed by atoms with Crippen LogP contribution in [-0.2, 0) is 0 Å². The van der Waals surface area contributed by atoms with Gasteiger partial charge in [0.15, 0.2) is 0 Å². The summed E-state index contributed by atoms with van der Waals surface area (Å²) in [4.78, 5) is 0. The van der Waals surface area contributed by atoms with Gasteiger partial charge in [-0.3, -0.25) is 0 Å². The van der Waals surface area contributed by atoms with Crippen LogP contribution in [0.2, 0.25) is 0 Å². The van der Waals surface area contributed by atoms with Gasteiger partial charge in [0.1, 0.15) is 0 Å². The van der Waals surface area contributed by atoms with Crippen LogP contribution >= 0.6 is 47.9 Å². The van der Waals surface area contributed by atoms with E-state index >= 15 is 0 Å². The molecule has 0 unspecified atom stereocenters. The fourth-order valence-corrected chi connectivity index (χ4v) is 0. The topological polar surface area (TPSA) is 94.5 Å². The molecule has 0 spiro atoms. The summed E-state index contributed by atoms with van der Waals surface area (Å²) < 4.78 is 0. The molecule has 6 N–H and O–H groups in total. The molecular formula is H6Br4O3Pb. The number of hydrogen-bond donors (Lipinski definition) is 0. The normalized spacial score (nSPS) is 7.50. The van der Waals surface area contributed by atoms with Gasteiger partial charge in [-0.05, 0) is 0 Å². The van der Waals surface area contributed by atoms with Crippen LogP contribution in [-0.4, -0.2) is 28.0 Å². The van der Waals surface area contributed by atoms with Crippen LogP contribution in [0.15, 0.2) is 0 Å². The van der Waals surface area contributed by atoms with Crippen molar-refractivity contribution in [2.75, 3.05) is 0 Å². The van der Waals surface area contributed by atoms with E-state index in [-0.39, 0.29) is 16.4 Å². The van der Waals surface area contributed by atoms with Gasteiger partial charge in [0.25, 0.3) is 0 Å². The Labute approximate surface area is 74.4 Å². The zero-order chi connectivity index (χ0) is 4.50. The van der Waals surface area contributed by atoms with Gasteiger partial charge >= 0.3 is 59.5 Å². The average molecular weight is 581 g/mol. The Kier molecular flexibility index (Phi) is 27.3. The third kappa shape index (κ3) is 70.2. The molecular weight excluding hydrogens is 575 g/mol. The Morgan fingerprint density at radius 1 is 0.625 bits per heavy atom. The zero-order valence-electron chi connectivity index (χ0n) is 3.51. The van der Waals surface area contributed by atoms with Crippen molar-refractivity contribution in [3.05, 3.63) is 0 Å². The predicted molar refractivity (Wildman–Crippen MR) is 52.3 cm³/mol. The van der Waals surface area contributed by atoms with E-state index in [4.69, 9.17) is 0 Å². The molecule has 0 radical (unpaired) electrons. The quantitative estimate of drug-likeness (QED) is 0.374. The number of rotatable bonds is 0. The maximum atomic E-state index is 3.35. The Morgan fingerprint density at radius 3 is 0.625 bits per heavy atom. The molecule has 0 aliphatic carbocycles. The molecule has 0 rings (SSSR count). The Hall–Kier alpha value is 2.72. The van der Waals surface area contributed by atoms with E-state index in [1.54, 1.807) is 0 Å². The van der Waals surface area contributed by atoms with Crippen molar-refractivity contribution in [1.82, 2.24) is 0 Å². The fraction of sp³-hybridized carbons (Fsp3) is 0. The van der Waals surface area contributed by atoms with Crippen LogP contribution in [0.1, 0.15) is 0 Å². The third-order valence-corrected chi connectivity index (χ3v) is 0. The van der Waals surface area contributed by atoms with E-state index in [1.165, 1.54) is 0 Å². The standard InChI is InChI=1S/4BrH.3H2O.Pb/h4*1H;3*1H2;/q;;;;;;;+4/p-4. The summed E-state index contributed by atoms with van der Waals surface area (Å²) in [7, 11) is 0. The summed E-state index contributed by atoms with van der Waals surface area (Å²) in [6.45, 7) is 0. The Balaban J connectivity index is -0.0000000267. The first-order chi connectivity index (χ1) is 2.00. The summed E-state index contributed by atoms with van der Waals surface area (Å²) in [6, 6.07) is 0. The first kappa shape index (κ1) is 22.4. The second-order valence-electron chi connectivity index (χ2n) is 0.429.